The lowest BCUT2D eigenvalue weighted by Gasteiger charge is -2.49. The first-order valence-corrected chi connectivity index (χ1v) is 8.60. The number of aldehydes is 1. The molecule has 0 amide bonds. The van der Waals surface area contributed by atoms with Gasteiger partial charge in [-0.1, -0.05) is 0 Å². The molecule has 2 bridgehead atoms. The van der Waals surface area contributed by atoms with Crippen LogP contribution in [0.3, 0.4) is 0 Å². The van der Waals surface area contributed by atoms with Gasteiger partial charge in [-0.05, 0) is 19.1 Å². The fraction of sp³-hybridized carbons (Fsp3) is 0.300. The lowest BCUT2D eigenvalue weighted by atomic mass is 9.76. The van der Waals surface area contributed by atoms with Gasteiger partial charge in [0.2, 0.25) is 17.3 Å². The van der Waals surface area contributed by atoms with Gasteiger partial charge in [-0.15, -0.1) is 0 Å². The molecule has 152 valence electrons. The summed E-state index contributed by atoms with van der Waals surface area (Å²) in [5.41, 5.74) is -1.80. The van der Waals surface area contributed by atoms with Crippen LogP contribution in [-0.4, -0.2) is 41.6 Å². The summed E-state index contributed by atoms with van der Waals surface area (Å²) in [5, 5.41) is 31.4. The minimum absolute atomic E-state index is 0.00814. The van der Waals surface area contributed by atoms with E-state index in [0.29, 0.717) is 6.29 Å². The fourth-order valence-electron chi connectivity index (χ4n) is 4.09. The summed E-state index contributed by atoms with van der Waals surface area (Å²) in [6, 6.07) is 2.55. The van der Waals surface area contributed by atoms with Crippen LogP contribution < -0.4 is 14.2 Å². The minimum atomic E-state index is -1.77. The number of benzene rings is 2. The number of Topliss-reactive ketones (excluding diaryl/α,β-unsaturated/α-hetero) is 1. The Morgan fingerprint density at radius 2 is 1.59 bits per heavy atom. The molecule has 0 radical (unpaired) electrons. The highest BCUT2D eigenvalue weighted by atomic mass is 16.7. The summed E-state index contributed by atoms with van der Waals surface area (Å²) < 4.78 is 22.0. The third kappa shape index (κ3) is 2.18. The van der Waals surface area contributed by atoms with Crippen LogP contribution in [0.4, 0.5) is 0 Å². The number of hydrogen-bond donors (Lipinski definition) is 3. The van der Waals surface area contributed by atoms with Crippen molar-refractivity contribution in [3.05, 3.63) is 34.4 Å². The Labute approximate surface area is 165 Å². The maximum atomic E-state index is 13.5. The summed E-state index contributed by atoms with van der Waals surface area (Å²) in [6.45, 7) is 2.86. The van der Waals surface area contributed by atoms with Gasteiger partial charge in [-0.3, -0.25) is 9.59 Å². The van der Waals surface area contributed by atoms with Gasteiger partial charge in [0.1, 0.15) is 0 Å². The van der Waals surface area contributed by atoms with E-state index in [1.54, 1.807) is 0 Å². The Hall–Kier alpha value is -3.46. The molecule has 2 atom stereocenters. The molecule has 0 fully saturated rings. The van der Waals surface area contributed by atoms with Gasteiger partial charge < -0.3 is 34.3 Å². The Morgan fingerprint density at radius 1 is 0.966 bits per heavy atom. The number of ketones is 1. The second-order valence-electron chi connectivity index (χ2n) is 7.05. The Kier molecular flexibility index (Phi) is 3.76. The molecule has 2 aliphatic heterocycles. The quantitative estimate of drug-likeness (QED) is 0.523. The van der Waals surface area contributed by atoms with Crippen molar-refractivity contribution in [3.8, 4) is 34.5 Å². The maximum Gasteiger partial charge on any atom is 0.240 e. The molecule has 29 heavy (non-hydrogen) atoms. The van der Waals surface area contributed by atoms with Crippen molar-refractivity contribution < 1.29 is 43.9 Å². The van der Waals surface area contributed by atoms with E-state index in [9.17, 15) is 24.9 Å². The van der Waals surface area contributed by atoms with Gasteiger partial charge in [-0.2, -0.15) is 0 Å². The van der Waals surface area contributed by atoms with E-state index in [1.807, 2.05) is 0 Å². The van der Waals surface area contributed by atoms with E-state index in [0.717, 1.165) is 0 Å². The van der Waals surface area contributed by atoms with E-state index in [1.165, 1.54) is 40.2 Å². The van der Waals surface area contributed by atoms with E-state index >= 15 is 0 Å². The molecule has 2 unspecified atom stereocenters. The van der Waals surface area contributed by atoms with Gasteiger partial charge in [0.25, 0.3) is 0 Å². The molecule has 0 saturated heterocycles. The van der Waals surface area contributed by atoms with Crippen LogP contribution in [0, 0.1) is 0 Å². The lowest BCUT2D eigenvalue weighted by molar-refractivity contribution is -0.255. The summed E-state index contributed by atoms with van der Waals surface area (Å²) in [6.07, 6.45) is 0.499. The first-order valence-electron chi connectivity index (χ1n) is 8.60. The molecule has 9 heteroatoms. The van der Waals surface area contributed by atoms with Gasteiger partial charge in [0.15, 0.2) is 40.7 Å². The second kappa shape index (κ2) is 5.77. The predicted molar refractivity (Wildman–Crippen MR) is 97.1 cm³/mol. The van der Waals surface area contributed by atoms with Crippen LogP contribution in [0.5, 0.6) is 34.5 Å². The Morgan fingerprint density at radius 3 is 2.17 bits per heavy atom. The third-order valence-electron chi connectivity index (χ3n) is 5.36. The highest BCUT2D eigenvalue weighted by molar-refractivity contribution is 6.08. The van der Waals surface area contributed by atoms with Crippen molar-refractivity contribution in [1.82, 2.24) is 0 Å². The molecular weight excluding hydrogens is 384 g/mol. The minimum Gasteiger partial charge on any atom is -0.504 e. The predicted octanol–water partition coefficient (Wildman–Crippen LogP) is 2.33. The van der Waals surface area contributed by atoms with Crippen LogP contribution in [0.2, 0.25) is 0 Å². The van der Waals surface area contributed by atoms with Crippen LogP contribution in [0.25, 0.3) is 0 Å². The normalized spacial score (nSPS) is 24.2. The smallest absolute Gasteiger partial charge is 0.240 e. The molecular formula is C20H18O9. The Bertz CT molecular complexity index is 1090. The van der Waals surface area contributed by atoms with Crippen molar-refractivity contribution >= 4 is 12.1 Å². The lowest BCUT2D eigenvalue weighted by Crippen LogP contribution is -2.55. The molecule has 0 saturated carbocycles. The molecule has 0 aromatic heterocycles. The number of carbonyl (C=O) groups is 2. The summed E-state index contributed by atoms with van der Waals surface area (Å²) in [7, 11) is 2.58. The number of hydrogen-bond acceptors (Lipinski definition) is 9. The van der Waals surface area contributed by atoms with Crippen molar-refractivity contribution in [2.45, 2.75) is 25.2 Å². The average Bonchev–Trinajstić information content (AvgIpc) is 2.69. The molecule has 4 rings (SSSR count). The number of fused-ring (bicyclic) bond motifs is 6. The number of aromatic hydroxyl groups is 3. The first kappa shape index (κ1) is 18.9. The number of phenolic OH excluding ortho intramolecular Hbond substituents is 3. The zero-order valence-corrected chi connectivity index (χ0v) is 16.0. The number of carbonyl (C=O) groups excluding carboxylic acids is 2. The van der Waals surface area contributed by atoms with Crippen molar-refractivity contribution in [2.24, 2.45) is 0 Å². The van der Waals surface area contributed by atoms with E-state index in [-0.39, 0.29) is 39.5 Å². The number of rotatable bonds is 3. The SMILES string of the molecule is COc1cc2c(c(O)c1O)C1(C)Oc3c(O)c(OC)cc(C=O)c3C(C)(O1)C2=O. The van der Waals surface area contributed by atoms with Crippen LogP contribution >= 0.6 is 0 Å². The first-order chi connectivity index (χ1) is 13.6. The summed E-state index contributed by atoms with van der Waals surface area (Å²) in [5.74, 6) is -4.40. The standard InChI is InChI=1S/C20H18O9/c1-19-12-8(7-21)5-10(26-3)15(23)17(12)28-20(2,29-19)13-9(18(19)25)6-11(27-4)14(22)16(13)24/h5-7,22-24H,1-4H3. The molecule has 2 aromatic carbocycles. The molecule has 2 heterocycles. The summed E-state index contributed by atoms with van der Waals surface area (Å²) >= 11 is 0. The van der Waals surface area contributed by atoms with Gasteiger partial charge >= 0.3 is 0 Å². The zero-order valence-electron chi connectivity index (χ0n) is 16.0. The maximum absolute atomic E-state index is 13.5. The largest absolute Gasteiger partial charge is 0.504 e. The van der Waals surface area contributed by atoms with Crippen LogP contribution in [0.15, 0.2) is 12.1 Å². The monoisotopic (exact) mass is 402 g/mol. The van der Waals surface area contributed by atoms with Crippen LogP contribution in [0.1, 0.15) is 45.7 Å². The fourth-order valence-corrected chi connectivity index (χ4v) is 4.09. The number of methoxy groups -OCH3 is 2. The molecule has 0 aliphatic carbocycles. The molecule has 2 aliphatic rings. The topological polar surface area (TPSA) is 132 Å². The van der Waals surface area contributed by atoms with E-state index in [2.05, 4.69) is 0 Å². The number of ether oxygens (including phenoxy) is 4. The van der Waals surface area contributed by atoms with Crippen molar-refractivity contribution in [1.29, 1.82) is 0 Å². The molecule has 2 aromatic rings. The van der Waals surface area contributed by atoms with Gasteiger partial charge in [0.05, 0.1) is 19.8 Å². The second-order valence-corrected chi connectivity index (χ2v) is 7.05. The van der Waals surface area contributed by atoms with Crippen molar-refractivity contribution in [2.75, 3.05) is 14.2 Å². The van der Waals surface area contributed by atoms with Gasteiger partial charge in [-0.25, -0.2) is 0 Å². The third-order valence-corrected chi connectivity index (χ3v) is 5.36. The summed E-state index contributed by atoms with van der Waals surface area (Å²) in [4.78, 5) is 25.2. The van der Waals surface area contributed by atoms with E-state index in [4.69, 9.17) is 18.9 Å². The van der Waals surface area contributed by atoms with Crippen LogP contribution in [-0.2, 0) is 16.1 Å². The molecule has 9 nitrogen and oxygen atoms in total. The van der Waals surface area contributed by atoms with Gasteiger partial charge in [0, 0.05) is 23.6 Å². The zero-order chi connectivity index (χ0) is 21.3. The highest BCUT2D eigenvalue weighted by Gasteiger charge is 2.60. The van der Waals surface area contributed by atoms with E-state index < -0.39 is 34.4 Å². The van der Waals surface area contributed by atoms with Crippen molar-refractivity contribution in [3.63, 3.8) is 0 Å². The average molecular weight is 402 g/mol. The molecule has 3 N–H and O–H groups in total. The highest BCUT2D eigenvalue weighted by Crippen LogP contribution is 2.60. The number of phenols is 3. The Balaban J connectivity index is 2.11. The molecule has 0 spiro atoms.